The van der Waals surface area contributed by atoms with Crippen molar-refractivity contribution in [2.45, 2.75) is 13.5 Å². The molecule has 0 radical (unpaired) electrons. The molecule has 2 aromatic heterocycles. The van der Waals surface area contributed by atoms with Crippen LogP contribution in [-0.4, -0.2) is 25.7 Å². The van der Waals surface area contributed by atoms with E-state index in [9.17, 15) is 14.4 Å². The van der Waals surface area contributed by atoms with Crippen molar-refractivity contribution in [3.8, 4) is 0 Å². The summed E-state index contributed by atoms with van der Waals surface area (Å²) in [6.45, 7) is 1.72. The van der Waals surface area contributed by atoms with Gasteiger partial charge in [0.1, 0.15) is 16.8 Å². The van der Waals surface area contributed by atoms with E-state index in [2.05, 4.69) is 14.7 Å². The molecule has 2 heterocycles. The molecule has 0 aliphatic heterocycles. The molecule has 0 fully saturated rings. The van der Waals surface area contributed by atoms with Gasteiger partial charge in [-0.25, -0.2) is 4.98 Å². The molecule has 0 atom stereocenters. The number of nitrogens with one attached hydrogen (secondary N) is 1. The van der Waals surface area contributed by atoms with Gasteiger partial charge in [-0.1, -0.05) is 12.1 Å². The monoisotopic (exact) mass is 343 g/mol. The zero-order valence-corrected chi connectivity index (χ0v) is 13.5. The molecule has 24 heavy (non-hydrogen) atoms. The Morgan fingerprint density at radius 3 is 2.88 bits per heavy atom. The number of nitrogens with two attached hydrogens (primary N) is 1. The summed E-state index contributed by atoms with van der Waals surface area (Å²) in [5, 5.41) is 2.72. The summed E-state index contributed by atoms with van der Waals surface area (Å²) >= 11 is 0.838. The van der Waals surface area contributed by atoms with Gasteiger partial charge in [-0.3, -0.25) is 19.0 Å². The minimum absolute atomic E-state index is 0.0385. The maximum absolute atomic E-state index is 12.4. The molecule has 3 aromatic rings. The quantitative estimate of drug-likeness (QED) is 0.729. The van der Waals surface area contributed by atoms with Crippen molar-refractivity contribution in [1.29, 1.82) is 0 Å². The highest BCUT2D eigenvalue weighted by Gasteiger charge is 2.17. The van der Waals surface area contributed by atoms with Gasteiger partial charge in [0.2, 0.25) is 5.91 Å². The van der Waals surface area contributed by atoms with E-state index in [0.29, 0.717) is 5.69 Å². The van der Waals surface area contributed by atoms with E-state index in [-0.39, 0.29) is 28.4 Å². The van der Waals surface area contributed by atoms with Crippen molar-refractivity contribution in [3.63, 3.8) is 0 Å². The third kappa shape index (κ3) is 3.01. The van der Waals surface area contributed by atoms with Gasteiger partial charge in [0.25, 0.3) is 11.5 Å². The van der Waals surface area contributed by atoms with Crippen molar-refractivity contribution in [1.82, 2.24) is 13.9 Å². The summed E-state index contributed by atoms with van der Waals surface area (Å²) in [6, 6.07) is 7.33. The number of aromatic nitrogens is 3. The van der Waals surface area contributed by atoms with Crippen LogP contribution in [0, 0.1) is 6.92 Å². The third-order valence-electron chi connectivity index (χ3n) is 3.30. The Hall–Kier alpha value is -3.07. The van der Waals surface area contributed by atoms with Crippen LogP contribution < -0.4 is 16.6 Å². The number of benzene rings is 1. The lowest BCUT2D eigenvalue weighted by atomic mass is 10.2. The molecule has 1 aromatic carbocycles. The molecule has 2 amide bonds. The molecule has 0 saturated heterocycles. The molecule has 3 rings (SSSR count). The van der Waals surface area contributed by atoms with E-state index < -0.39 is 11.5 Å². The highest BCUT2D eigenvalue weighted by molar-refractivity contribution is 7.13. The summed E-state index contributed by atoms with van der Waals surface area (Å²) in [7, 11) is 0. The lowest BCUT2D eigenvalue weighted by Crippen LogP contribution is -2.27. The second kappa shape index (κ2) is 6.20. The number of hydrogen-bond donors (Lipinski definition) is 2. The molecule has 122 valence electrons. The van der Waals surface area contributed by atoms with Crippen LogP contribution in [0.25, 0.3) is 10.2 Å². The Morgan fingerprint density at radius 1 is 1.38 bits per heavy atom. The van der Waals surface area contributed by atoms with Gasteiger partial charge in [0, 0.05) is 5.69 Å². The van der Waals surface area contributed by atoms with Gasteiger partial charge in [-0.05, 0) is 36.2 Å². The van der Waals surface area contributed by atoms with Gasteiger partial charge in [-0.15, -0.1) is 0 Å². The first kappa shape index (κ1) is 15.8. The van der Waals surface area contributed by atoms with Gasteiger partial charge in [-0.2, -0.15) is 4.37 Å². The number of primary amides is 1. The number of anilines is 1. The van der Waals surface area contributed by atoms with E-state index in [1.165, 1.54) is 6.33 Å². The summed E-state index contributed by atoms with van der Waals surface area (Å²) < 4.78 is 5.20. The fraction of sp³-hybridized carbons (Fsp3) is 0.133. The Labute approximate surface area is 140 Å². The Kier molecular flexibility index (Phi) is 4.09. The minimum atomic E-state index is -0.747. The lowest BCUT2D eigenvalue weighted by Gasteiger charge is -2.07. The zero-order chi connectivity index (χ0) is 17.3. The van der Waals surface area contributed by atoms with Crippen molar-refractivity contribution in [2.75, 3.05) is 5.32 Å². The molecule has 0 aliphatic carbocycles. The number of carbonyl (C=O) groups excluding carboxylic acids is 2. The minimum Gasteiger partial charge on any atom is -0.364 e. The SMILES string of the molecule is Cc1cccc(NC(=O)Cn2cnc3c(C(N)=O)nsc3c2=O)c1. The average molecular weight is 343 g/mol. The lowest BCUT2D eigenvalue weighted by molar-refractivity contribution is -0.116. The van der Waals surface area contributed by atoms with Crippen LogP contribution in [0.5, 0.6) is 0 Å². The van der Waals surface area contributed by atoms with Crippen LogP contribution in [0.1, 0.15) is 16.1 Å². The number of hydrogen-bond acceptors (Lipinski definition) is 6. The molecular formula is C15H13N5O3S. The fourth-order valence-electron chi connectivity index (χ4n) is 2.21. The van der Waals surface area contributed by atoms with Crippen LogP contribution in [0.15, 0.2) is 35.4 Å². The maximum atomic E-state index is 12.4. The largest absolute Gasteiger partial charge is 0.364 e. The molecule has 0 saturated carbocycles. The van der Waals surface area contributed by atoms with Crippen LogP contribution in [0.4, 0.5) is 5.69 Å². The number of aryl methyl sites for hydroxylation is 1. The van der Waals surface area contributed by atoms with E-state index in [1.54, 1.807) is 6.07 Å². The molecule has 8 nitrogen and oxygen atoms in total. The summed E-state index contributed by atoms with van der Waals surface area (Å²) in [5.41, 5.74) is 6.52. The predicted octanol–water partition coefficient (Wildman–Crippen LogP) is 0.899. The van der Waals surface area contributed by atoms with Gasteiger partial charge in [0.15, 0.2) is 5.69 Å². The fourth-order valence-corrected chi connectivity index (χ4v) is 3.00. The number of carbonyl (C=O) groups is 2. The van der Waals surface area contributed by atoms with Gasteiger partial charge >= 0.3 is 0 Å². The van der Waals surface area contributed by atoms with Crippen molar-refractivity contribution < 1.29 is 9.59 Å². The second-order valence-corrected chi connectivity index (χ2v) is 5.94. The standard InChI is InChI=1S/C15H13N5O3S/c1-8-3-2-4-9(5-8)18-10(21)6-20-7-17-11-12(14(16)22)19-24-13(11)15(20)23/h2-5,7H,6H2,1H3,(H2,16,22)(H,18,21). The summed E-state index contributed by atoms with van der Waals surface area (Å²) in [5.74, 6) is -1.11. The predicted molar refractivity (Wildman–Crippen MR) is 90.0 cm³/mol. The Bertz CT molecular complexity index is 1010. The normalized spacial score (nSPS) is 10.7. The zero-order valence-electron chi connectivity index (χ0n) is 12.6. The molecule has 0 spiro atoms. The topological polar surface area (TPSA) is 120 Å². The number of amides is 2. The van der Waals surface area contributed by atoms with Gasteiger partial charge < -0.3 is 11.1 Å². The van der Waals surface area contributed by atoms with E-state index in [0.717, 1.165) is 21.7 Å². The van der Waals surface area contributed by atoms with Crippen molar-refractivity contribution in [2.24, 2.45) is 5.73 Å². The average Bonchev–Trinajstić information content (AvgIpc) is 2.95. The smallest absolute Gasteiger partial charge is 0.273 e. The summed E-state index contributed by atoms with van der Waals surface area (Å²) in [6.07, 6.45) is 1.21. The van der Waals surface area contributed by atoms with Crippen LogP contribution >= 0.6 is 11.5 Å². The molecule has 3 N–H and O–H groups in total. The Morgan fingerprint density at radius 2 is 2.17 bits per heavy atom. The van der Waals surface area contributed by atoms with Crippen LogP contribution in [-0.2, 0) is 11.3 Å². The van der Waals surface area contributed by atoms with Gasteiger partial charge in [0.05, 0.1) is 6.33 Å². The second-order valence-electron chi connectivity index (χ2n) is 5.17. The highest BCUT2D eigenvalue weighted by atomic mass is 32.1. The van der Waals surface area contributed by atoms with Crippen LogP contribution in [0.2, 0.25) is 0 Å². The molecule has 0 aliphatic rings. The highest BCUT2D eigenvalue weighted by Crippen LogP contribution is 2.16. The van der Waals surface area contributed by atoms with E-state index in [1.807, 2.05) is 25.1 Å². The molecule has 9 heteroatoms. The van der Waals surface area contributed by atoms with E-state index >= 15 is 0 Å². The third-order valence-corrected chi connectivity index (χ3v) is 4.12. The number of rotatable bonds is 4. The first-order chi connectivity index (χ1) is 11.5. The summed E-state index contributed by atoms with van der Waals surface area (Å²) in [4.78, 5) is 39.7. The number of nitrogens with zero attached hydrogens (tertiary/aromatic N) is 3. The maximum Gasteiger partial charge on any atom is 0.273 e. The van der Waals surface area contributed by atoms with Crippen molar-refractivity contribution in [3.05, 3.63) is 52.2 Å². The first-order valence-electron chi connectivity index (χ1n) is 6.97. The Balaban J connectivity index is 1.85. The van der Waals surface area contributed by atoms with Crippen molar-refractivity contribution >= 4 is 39.3 Å². The van der Waals surface area contributed by atoms with E-state index in [4.69, 9.17) is 5.73 Å². The molecule has 0 unspecified atom stereocenters. The first-order valence-corrected chi connectivity index (χ1v) is 7.74. The molecular weight excluding hydrogens is 330 g/mol. The molecule has 0 bridgehead atoms. The van der Waals surface area contributed by atoms with Crippen LogP contribution in [0.3, 0.4) is 0 Å². The number of fused-ring (bicyclic) bond motifs is 1.